The molecular formula is C23H23N3O3. The molecule has 148 valence electrons. The molecule has 0 radical (unpaired) electrons. The highest BCUT2D eigenvalue weighted by molar-refractivity contribution is 5.99. The molecule has 5 N–H and O–H groups in total. The molecule has 0 fully saturated rings. The Morgan fingerprint density at radius 1 is 1.07 bits per heavy atom. The van der Waals surface area contributed by atoms with Crippen molar-refractivity contribution in [1.82, 2.24) is 4.57 Å². The summed E-state index contributed by atoms with van der Waals surface area (Å²) >= 11 is 0. The zero-order valence-corrected chi connectivity index (χ0v) is 16.6. The van der Waals surface area contributed by atoms with Gasteiger partial charge in [0.2, 0.25) is 0 Å². The second-order valence-electron chi connectivity index (χ2n) is 6.97. The molecule has 0 atom stereocenters. The fourth-order valence-corrected chi connectivity index (χ4v) is 3.38. The Labute approximate surface area is 168 Å². The number of rotatable bonds is 4. The molecule has 6 heteroatoms. The number of aryl methyl sites for hydroxylation is 1. The van der Waals surface area contributed by atoms with E-state index < -0.39 is 11.5 Å². The number of phenols is 1. The van der Waals surface area contributed by atoms with Crippen molar-refractivity contribution in [2.45, 2.75) is 20.8 Å². The highest BCUT2D eigenvalue weighted by Crippen LogP contribution is 2.29. The first-order chi connectivity index (χ1) is 13.7. The number of allylic oxidation sites excluding steroid dienone is 1. The van der Waals surface area contributed by atoms with Crippen LogP contribution in [0.4, 0.5) is 5.82 Å². The van der Waals surface area contributed by atoms with Gasteiger partial charge in [0.15, 0.2) is 0 Å². The van der Waals surface area contributed by atoms with Crippen LogP contribution in [0.1, 0.15) is 39.5 Å². The number of nitrogen functional groups attached to an aromatic ring is 1. The fraction of sp³-hybridized carbons (Fsp3) is 0.130. The number of hydrogen-bond acceptors (Lipinski definition) is 4. The zero-order valence-electron chi connectivity index (χ0n) is 16.6. The van der Waals surface area contributed by atoms with E-state index in [0.29, 0.717) is 22.4 Å². The van der Waals surface area contributed by atoms with E-state index in [1.165, 1.54) is 10.6 Å². The first-order valence-corrected chi connectivity index (χ1v) is 9.11. The first-order valence-electron chi connectivity index (χ1n) is 9.11. The lowest BCUT2D eigenvalue weighted by Crippen LogP contribution is -2.29. The van der Waals surface area contributed by atoms with Crippen LogP contribution in [0.5, 0.6) is 5.75 Å². The number of aromatic hydroxyl groups is 1. The summed E-state index contributed by atoms with van der Waals surface area (Å²) in [6, 6.07) is 14.2. The molecule has 3 rings (SSSR count). The van der Waals surface area contributed by atoms with Gasteiger partial charge >= 0.3 is 0 Å². The molecule has 0 spiro atoms. The first kappa shape index (κ1) is 19.9. The molecular weight excluding hydrogens is 366 g/mol. The highest BCUT2D eigenvalue weighted by atomic mass is 16.3. The summed E-state index contributed by atoms with van der Waals surface area (Å²) in [6.07, 6.45) is 1.85. The van der Waals surface area contributed by atoms with Crippen molar-refractivity contribution >= 4 is 23.4 Å². The molecule has 6 nitrogen and oxygen atoms in total. The Morgan fingerprint density at radius 3 is 2.34 bits per heavy atom. The van der Waals surface area contributed by atoms with Crippen LogP contribution in [0.2, 0.25) is 0 Å². The van der Waals surface area contributed by atoms with Gasteiger partial charge in [-0.2, -0.15) is 0 Å². The maximum atomic E-state index is 13.4. The predicted octanol–water partition coefficient (Wildman–Crippen LogP) is 3.40. The monoisotopic (exact) mass is 389 g/mol. The molecule has 0 aliphatic rings. The summed E-state index contributed by atoms with van der Waals surface area (Å²) in [5, 5.41) is 10.2. The van der Waals surface area contributed by atoms with E-state index in [-0.39, 0.29) is 17.1 Å². The third kappa shape index (κ3) is 3.65. The second-order valence-corrected chi connectivity index (χ2v) is 6.97. The summed E-state index contributed by atoms with van der Waals surface area (Å²) < 4.78 is 1.25. The number of aromatic nitrogens is 1. The predicted molar refractivity (Wildman–Crippen MR) is 116 cm³/mol. The van der Waals surface area contributed by atoms with Crippen LogP contribution < -0.4 is 17.0 Å². The topological polar surface area (TPSA) is 111 Å². The van der Waals surface area contributed by atoms with Crippen LogP contribution in [0.25, 0.3) is 17.3 Å². The molecule has 1 aromatic heterocycles. The number of phenolic OH excluding ortho intramolecular Hbond substituents is 1. The smallest absolute Gasteiger partial charge is 0.264 e. The van der Waals surface area contributed by atoms with Crippen molar-refractivity contribution in [3.05, 3.63) is 86.7 Å². The van der Waals surface area contributed by atoms with Gasteiger partial charge < -0.3 is 16.6 Å². The van der Waals surface area contributed by atoms with Crippen molar-refractivity contribution in [1.29, 1.82) is 0 Å². The maximum absolute atomic E-state index is 13.4. The molecule has 3 aromatic rings. The van der Waals surface area contributed by atoms with Crippen molar-refractivity contribution in [2.24, 2.45) is 5.73 Å². The normalized spacial score (nSPS) is 11.5. The van der Waals surface area contributed by atoms with Crippen LogP contribution in [0.15, 0.2) is 53.3 Å². The molecule has 1 amide bonds. The summed E-state index contributed by atoms with van der Waals surface area (Å²) in [4.78, 5) is 25.5. The van der Waals surface area contributed by atoms with Crippen LogP contribution in [0.3, 0.4) is 0 Å². The Bertz CT molecular complexity index is 1190. The van der Waals surface area contributed by atoms with Gasteiger partial charge in [-0.15, -0.1) is 0 Å². The minimum Gasteiger partial charge on any atom is -0.508 e. The Hall–Kier alpha value is -3.80. The van der Waals surface area contributed by atoms with Gasteiger partial charge in [-0.1, -0.05) is 42.5 Å². The quantitative estimate of drug-likeness (QED) is 0.635. The number of hydrogen-bond donors (Lipinski definition) is 3. The molecule has 0 aliphatic carbocycles. The Kier molecular flexibility index (Phi) is 5.28. The molecule has 0 unspecified atom stereocenters. The van der Waals surface area contributed by atoms with Gasteiger partial charge in [0, 0.05) is 11.1 Å². The Morgan fingerprint density at radius 2 is 1.72 bits per heavy atom. The van der Waals surface area contributed by atoms with Gasteiger partial charge in [0.25, 0.3) is 11.5 Å². The third-order valence-electron chi connectivity index (χ3n) is 4.94. The molecule has 0 bridgehead atoms. The summed E-state index contributed by atoms with van der Waals surface area (Å²) in [5.41, 5.74) is 14.9. The standard InChI is InChI=1S/C23H23N3O3/c1-13-9-10-19(27)15(3)20(13)26-21(24)18(22(25)28)12-17(23(26)29)14(2)11-16-7-5-4-6-8-16/h4-12,27H,24H2,1-3H3,(H2,25,28)/b14-11+. The summed E-state index contributed by atoms with van der Waals surface area (Å²) in [5.74, 6) is -0.768. The number of carbonyl (C=O) groups excluding carboxylic acids is 1. The van der Waals surface area contributed by atoms with Gasteiger partial charge in [0.1, 0.15) is 11.6 Å². The molecule has 29 heavy (non-hydrogen) atoms. The fourth-order valence-electron chi connectivity index (χ4n) is 3.38. The molecule has 0 saturated carbocycles. The minimum atomic E-state index is -0.736. The minimum absolute atomic E-state index is 0.0273. The number of amides is 1. The van der Waals surface area contributed by atoms with E-state index in [4.69, 9.17) is 11.5 Å². The number of carbonyl (C=O) groups is 1. The van der Waals surface area contributed by atoms with E-state index in [9.17, 15) is 14.7 Å². The van der Waals surface area contributed by atoms with Crippen LogP contribution in [-0.4, -0.2) is 15.6 Å². The van der Waals surface area contributed by atoms with Gasteiger partial charge in [-0.3, -0.25) is 14.2 Å². The van der Waals surface area contributed by atoms with Crippen molar-refractivity contribution < 1.29 is 9.90 Å². The summed E-state index contributed by atoms with van der Waals surface area (Å²) in [6.45, 7) is 5.28. The number of primary amides is 1. The summed E-state index contributed by atoms with van der Waals surface area (Å²) in [7, 11) is 0. The largest absolute Gasteiger partial charge is 0.508 e. The van der Waals surface area contributed by atoms with E-state index in [0.717, 1.165) is 11.1 Å². The van der Waals surface area contributed by atoms with Gasteiger partial charge in [0.05, 0.1) is 11.3 Å². The number of pyridine rings is 1. The van der Waals surface area contributed by atoms with Crippen molar-refractivity contribution in [2.75, 3.05) is 5.73 Å². The van der Waals surface area contributed by atoms with Crippen LogP contribution in [0, 0.1) is 13.8 Å². The zero-order chi connectivity index (χ0) is 21.3. The third-order valence-corrected chi connectivity index (χ3v) is 4.94. The molecule has 1 heterocycles. The maximum Gasteiger partial charge on any atom is 0.264 e. The number of nitrogens with two attached hydrogens (primary N) is 2. The average molecular weight is 389 g/mol. The average Bonchev–Trinajstić information content (AvgIpc) is 2.68. The van der Waals surface area contributed by atoms with Crippen LogP contribution >= 0.6 is 0 Å². The number of benzene rings is 2. The van der Waals surface area contributed by atoms with Gasteiger partial charge in [-0.05, 0) is 49.6 Å². The Balaban J connectivity index is 2.37. The molecule has 0 saturated heterocycles. The van der Waals surface area contributed by atoms with E-state index in [2.05, 4.69) is 0 Å². The van der Waals surface area contributed by atoms with Crippen molar-refractivity contribution in [3.8, 4) is 11.4 Å². The number of nitrogens with zero attached hydrogens (tertiary/aromatic N) is 1. The van der Waals surface area contributed by atoms with Crippen LogP contribution in [-0.2, 0) is 0 Å². The lowest BCUT2D eigenvalue weighted by Gasteiger charge is -2.19. The lowest BCUT2D eigenvalue weighted by molar-refractivity contribution is 0.100. The van der Waals surface area contributed by atoms with Gasteiger partial charge in [-0.25, -0.2) is 0 Å². The molecule has 0 aliphatic heterocycles. The second kappa shape index (κ2) is 7.67. The highest BCUT2D eigenvalue weighted by Gasteiger charge is 2.21. The lowest BCUT2D eigenvalue weighted by atomic mass is 10.0. The van der Waals surface area contributed by atoms with E-state index in [1.54, 1.807) is 32.9 Å². The van der Waals surface area contributed by atoms with E-state index in [1.807, 2.05) is 36.4 Å². The van der Waals surface area contributed by atoms with Crippen molar-refractivity contribution in [3.63, 3.8) is 0 Å². The number of anilines is 1. The molecule has 2 aromatic carbocycles. The SMILES string of the molecule is C/C(=C\c1ccccc1)c1cc(C(N)=O)c(N)n(-c2c(C)ccc(O)c2C)c1=O. The van der Waals surface area contributed by atoms with E-state index >= 15 is 0 Å².